The van der Waals surface area contributed by atoms with Gasteiger partial charge < -0.3 is 14.2 Å². The molecule has 0 spiro atoms. The van der Waals surface area contributed by atoms with Gasteiger partial charge in [0.1, 0.15) is 23.9 Å². The highest BCUT2D eigenvalue weighted by molar-refractivity contribution is 5.72. The van der Waals surface area contributed by atoms with Crippen molar-refractivity contribution in [2.75, 3.05) is 7.11 Å². The van der Waals surface area contributed by atoms with E-state index in [0.29, 0.717) is 17.9 Å². The minimum Gasteiger partial charge on any atom is -0.496 e. The molecular formula is C21H26O4. The minimum atomic E-state index is -0.283. The molecule has 0 fully saturated rings. The molecule has 0 unspecified atom stereocenters. The summed E-state index contributed by atoms with van der Waals surface area (Å²) < 4.78 is 16.9. The van der Waals surface area contributed by atoms with E-state index in [1.165, 1.54) is 11.1 Å². The maximum absolute atomic E-state index is 11.7. The zero-order chi connectivity index (χ0) is 18.4. The van der Waals surface area contributed by atoms with E-state index in [1.54, 1.807) is 26.2 Å². The predicted molar refractivity (Wildman–Crippen MR) is 98.5 cm³/mol. The largest absolute Gasteiger partial charge is 0.496 e. The van der Waals surface area contributed by atoms with Crippen LogP contribution in [0.15, 0.2) is 30.3 Å². The quantitative estimate of drug-likeness (QED) is 0.537. The molecule has 0 radical (unpaired) electrons. The van der Waals surface area contributed by atoms with Crippen LogP contribution in [0.3, 0.4) is 0 Å². The maximum Gasteiger partial charge on any atom is 0.310 e. The van der Waals surface area contributed by atoms with E-state index in [1.807, 2.05) is 13.0 Å². The molecule has 0 atom stereocenters. The summed E-state index contributed by atoms with van der Waals surface area (Å²) in [5, 5.41) is 0. The summed E-state index contributed by atoms with van der Waals surface area (Å²) in [6.07, 6.45) is 1.31. The van der Waals surface area contributed by atoms with Gasteiger partial charge in [-0.2, -0.15) is 0 Å². The lowest BCUT2D eigenvalue weighted by Gasteiger charge is -2.16. The van der Waals surface area contributed by atoms with Gasteiger partial charge in [-0.05, 0) is 55.2 Å². The molecule has 0 heterocycles. The van der Waals surface area contributed by atoms with Crippen LogP contribution in [0.4, 0.5) is 0 Å². The molecule has 0 saturated carbocycles. The number of esters is 1. The van der Waals surface area contributed by atoms with Crippen LogP contribution in [0.1, 0.15) is 42.5 Å². The average molecular weight is 342 g/mol. The third-order valence-electron chi connectivity index (χ3n) is 4.21. The van der Waals surface area contributed by atoms with E-state index in [-0.39, 0.29) is 12.6 Å². The third kappa shape index (κ3) is 4.53. The molecule has 0 saturated heterocycles. The van der Waals surface area contributed by atoms with E-state index in [9.17, 15) is 4.79 Å². The highest BCUT2D eigenvalue weighted by Gasteiger charge is 2.15. The minimum absolute atomic E-state index is 0.266. The van der Waals surface area contributed by atoms with Gasteiger partial charge in [0, 0.05) is 6.42 Å². The highest BCUT2D eigenvalue weighted by Crippen LogP contribution is 2.31. The Bertz CT molecular complexity index is 750. The molecule has 0 N–H and O–H groups in total. The van der Waals surface area contributed by atoms with Crippen molar-refractivity contribution in [3.8, 4) is 17.2 Å². The Hall–Kier alpha value is -2.49. The number of methoxy groups -OCH3 is 1. The number of hydrogen-bond acceptors (Lipinski definition) is 4. The molecule has 0 amide bonds. The summed E-state index contributed by atoms with van der Waals surface area (Å²) in [5.41, 5.74) is 4.34. The number of carbonyl (C=O) groups is 1. The van der Waals surface area contributed by atoms with E-state index in [4.69, 9.17) is 14.2 Å². The van der Waals surface area contributed by atoms with Crippen molar-refractivity contribution >= 4 is 5.97 Å². The summed E-state index contributed by atoms with van der Waals surface area (Å²) in [6.45, 7) is 8.30. The van der Waals surface area contributed by atoms with Crippen molar-refractivity contribution < 1.29 is 19.0 Å². The number of carbonyl (C=O) groups excluding carboxylic acids is 1. The second-order valence-corrected chi connectivity index (χ2v) is 5.95. The SMILES string of the molecule is CCC(=O)Oc1cccc(OC)c1COc1cc(C)c(CC)cc1C. The second kappa shape index (κ2) is 8.56. The lowest BCUT2D eigenvalue weighted by molar-refractivity contribution is -0.134. The monoisotopic (exact) mass is 342 g/mol. The Kier molecular flexibility index (Phi) is 6.45. The van der Waals surface area contributed by atoms with Crippen LogP contribution in [0.2, 0.25) is 0 Å². The number of aryl methyl sites for hydroxylation is 3. The molecule has 4 heteroatoms. The number of benzene rings is 2. The molecule has 25 heavy (non-hydrogen) atoms. The van der Waals surface area contributed by atoms with Gasteiger partial charge in [0.2, 0.25) is 0 Å². The molecular weight excluding hydrogens is 316 g/mol. The molecule has 0 aliphatic heterocycles. The van der Waals surface area contributed by atoms with Crippen LogP contribution in [0.5, 0.6) is 17.2 Å². The molecule has 0 aromatic heterocycles. The Morgan fingerprint density at radius 2 is 1.72 bits per heavy atom. The van der Waals surface area contributed by atoms with E-state index in [2.05, 4.69) is 26.0 Å². The van der Waals surface area contributed by atoms with Crippen LogP contribution in [-0.4, -0.2) is 13.1 Å². The molecule has 0 aliphatic carbocycles. The Labute approximate surface area is 149 Å². The Morgan fingerprint density at radius 3 is 2.36 bits per heavy atom. The fraction of sp³-hybridized carbons (Fsp3) is 0.381. The van der Waals surface area contributed by atoms with Gasteiger partial charge in [0.05, 0.1) is 12.7 Å². The summed E-state index contributed by atoms with van der Waals surface area (Å²) in [6, 6.07) is 9.60. The van der Waals surface area contributed by atoms with Crippen LogP contribution in [0, 0.1) is 13.8 Å². The van der Waals surface area contributed by atoms with Crippen molar-refractivity contribution in [3.05, 3.63) is 52.6 Å². The molecule has 2 aromatic carbocycles. The number of ether oxygens (including phenoxy) is 3. The zero-order valence-electron chi connectivity index (χ0n) is 15.6. The highest BCUT2D eigenvalue weighted by atomic mass is 16.5. The first-order valence-corrected chi connectivity index (χ1v) is 8.59. The molecule has 2 rings (SSSR count). The Morgan fingerprint density at radius 1 is 1.00 bits per heavy atom. The van der Waals surface area contributed by atoms with Gasteiger partial charge in [-0.25, -0.2) is 0 Å². The number of rotatable bonds is 7. The fourth-order valence-corrected chi connectivity index (χ4v) is 2.71. The first-order chi connectivity index (χ1) is 12.0. The first-order valence-electron chi connectivity index (χ1n) is 8.59. The van der Waals surface area contributed by atoms with Crippen molar-refractivity contribution in [2.45, 2.75) is 47.1 Å². The molecule has 0 aliphatic rings. The second-order valence-electron chi connectivity index (χ2n) is 5.95. The van der Waals surface area contributed by atoms with Crippen molar-refractivity contribution in [2.24, 2.45) is 0 Å². The zero-order valence-corrected chi connectivity index (χ0v) is 15.6. The standard InChI is InChI=1S/C21H26O4/c1-6-16-11-15(4)20(12-14(16)3)24-13-17-18(23-5)9-8-10-19(17)25-21(22)7-2/h8-12H,6-7,13H2,1-5H3. The normalized spacial score (nSPS) is 10.4. The maximum atomic E-state index is 11.7. The van der Waals surface area contributed by atoms with Gasteiger partial charge in [-0.1, -0.05) is 26.0 Å². The molecule has 2 aromatic rings. The van der Waals surface area contributed by atoms with Crippen molar-refractivity contribution in [1.29, 1.82) is 0 Å². The summed E-state index contributed by atoms with van der Waals surface area (Å²) in [7, 11) is 1.59. The topological polar surface area (TPSA) is 44.8 Å². The van der Waals surface area contributed by atoms with Gasteiger partial charge in [0.25, 0.3) is 0 Å². The van der Waals surface area contributed by atoms with E-state index in [0.717, 1.165) is 23.3 Å². The molecule has 134 valence electrons. The van der Waals surface area contributed by atoms with Gasteiger partial charge >= 0.3 is 5.97 Å². The van der Waals surface area contributed by atoms with E-state index < -0.39 is 0 Å². The van der Waals surface area contributed by atoms with E-state index >= 15 is 0 Å². The van der Waals surface area contributed by atoms with Crippen LogP contribution >= 0.6 is 0 Å². The number of hydrogen-bond donors (Lipinski definition) is 0. The molecule has 0 bridgehead atoms. The summed E-state index contributed by atoms with van der Waals surface area (Å²) in [5.74, 6) is 1.66. The molecule has 4 nitrogen and oxygen atoms in total. The van der Waals surface area contributed by atoms with Crippen LogP contribution in [0.25, 0.3) is 0 Å². The van der Waals surface area contributed by atoms with Crippen LogP contribution < -0.4 is 14.2 Å². The van der Waals surface area contributed by atoms with Crippen LogP contribution in [-0.2, 0) is 17.8 Å². The first kappa shape index (κ1) is 18.8. The van der Waals surface area contributed by atoms with Gasteiger partial charge in [-0.3, -0.25) is 4.79 Å². The smallest absolute Gasteiger partial charge is 0.310 e. The summed E-state index contributed by atoms with van der Waals surface area (Å²) >= 11 is 0. The van der Waals surface area contributed by atoms with Gasteiger partial charge in [-0.15, -0.1) is 0 Å². The van der Waals surface area contributed by atoms with Crippen molar-refractivity contribution in [3.63, 3.8) is 0 Å². The lowest BCUT2D eigenvalue weighted by Crippen LogP contribution is -2.10. The Balaban J connectivity index is 2.28. The lowest BCUT2D eigenvalue weighted by atomic mass is 10.0. The van der Waals surface area contributed by atoms with Gasteiger partial charge in [0.15, 0.2) is 0 Å². The average Bonchev–Trinajstić information content (AvgIpc) is 2.62. The summed E-state index contributed by atoms with van der Waals surface area (Å²) in [4.78, 5) is 11.7. The van der Waals surface area contributed by atoms with Crippen molar-refractivity contribution in [1.82, 2.24) is 0 Å². The third-order valence-corrected chi connectivity index (χ3v) is 4.21. The predicted octanol–water partition coefficient (Wildman–Crippen LogP) is 4.77. The fourth-order valence-electron chi connectivity index (χ4n) is 2.71.